The number of nitrogens with one attached hydrogen (secondary N) is 1. The molecule has 1 atom stereocenters. The molecule has 100 valence electrons. The largest absolute Gasteiger partial charge is 0.480 e. The maximum Gasteiger partial charge on any atom is 0.326 e. The van der Waals surface area contributed by atoms with E-state index in [0.717, 1.165) is 0 Å². The van der Waals surface area contributed by atoms with Gasteiger partial charge in [0.2, 0.25) is 5.91 Å². The molecular weight excluding hydrogens is 236 g/mol. The third-order valence-corrected chi connectivity index (χ3v) is 2.36. The lowest BCUT2D eigenvalue weighted by atomic mass is 10.0. The first kappa shape index (κ1) is 14.2. The molecule has 0 fully saturated rings. The molecule has 0 saturated heterocycles. The lowest BCUT2D eigenvalue weighted by Gasteiger charge is -2.15. The van der Waals surface area contributed by atoms with Crippen LogP contribution in [0.2, 0.25) is 0 Å². The van der Waals surface area contributed by atoms with E-state index in [4.69, 9.17) is 9.63 Å². The van der Waals surface area contributed by atoms with E-state index in [0.29, 0.717) is 17.9 Å². The summed E-state index contributed by atoms with van der Waals surface area (Å²) in [6.07, 6.45) is 0.429. The Balaban J connectivity index is 2.53. The number of carbonyl (C=O) groups is 2. The van der Waals surface area contributed by atoms with Crippen molar-refractivity contribution < 1.29 is 19.2 Å². The van der Waals surface area contributed by atoms with E-state index in [2.05, 4.69) is 10.5 Å². The number of hydrogen-bond acceptors (Lipinski definition) is 4. The Morgan fingerprint density at radius 1 is 1.50 bits per heavy atom. The first-order valence-corrected chi connectivity index (χ1v) is 5.83. The van der Waals surface area contributed by atoms with Gasteiger partial charge in [-0.15, -0.1) is 0 Å². The van der Waals surface area contributed by atoms with Gasteiger partial charge in [-0.25, -0.2) is 4.79 Å². The highest BCUT2D eigenvalue weighted by molar-refractivity contribution is 5.84. The molecule has 0 unspecified atom stereocenters. The van der Waals surface area contributed by atoms with Crippen molar-refractivity contribution in [3.05, 3.63) is 17.5 Å². The molecule has 2 N–H and O–H groups in total. The summed E-state index contributed by atoms with van der Waals surface area (Å²) < 4.78 is 4.84. The first-order valence-electron chi connectivity index (χ1n) is 5.83. The van der Waals surface area contributed by atoms with Crippen LogP contribution in [0.25, 0.3) is 0 Å². The monoisotopic (exact) mass is 254 g/mol. The Bertz CT molecular complexity index is 425. The molecule has 0 aliphatic heterocycles. The number of aryl methyl sites for hydroxylation is 1. The second-order valence-corrected chi connectivity index (χ2v) is 4.69. The first-order chi connectivity index (χ1) is 8.38. The van der Waals surface area contributed by atoms with Crippen LogP contribution < -0.4 is 5.32 Å². The Labute approximate surface area is 105 Å². The molecule has 0 saturated carbocycles. The molecule has 6 heteroatoms. The fourth-order valence-corrected chi connectivity index (χ4v) is 1.60. The van der Waals surface area contributed by atoms with Gasteiger partial charge in [0.15, 0.2) is 0 Å². The van der Waals surface area contributed by atoms with Gasteiger partial charge in [0, 0.05) is 6.07 Å². The minimum atomic E-state index is -1.02. The minimum Gasteiger partial charge on any atom is -0.480 e. The van der Waals surface area contributed by atoms with Crippen LogP contribution in [0.1, 0.15) is 31.7 Å². The molecule has 6 nitrogen and oxygen atoms in total. The van der Waals surface area contributed by atoms with Crippen LogP contribution in [-0.4, -0.2) is 28.2 Å². The zero-order valence-corrected chi connectivity index (χ0v) is 10.8. The van der Waals surface area contributed by atoms with Crippen LogP contribution in [-0.2, 0) is 16.0 Å². The van der Waals surface area contributed by atoms with Crippen LogP contribution in [0.3, 0.4) is 0 Å². The van der Waals surface area contributed by atoms with Crippen molar-refractivity contribution in [1.29, 1.82) is 0 Å². The number of carboxylic acids is 1. The van der Waals surface area contributed by atoms with Gasteiger partial charge >= 0.3 is 5.97 Å². The van der Waals surface area contributed by atoms with Crippen LogP contribution in [0.4, 0.5) is 0 Å². The fourth-order valence-electron chi connectivity index (χ4n) is 1.60. The van der Waals surface area contributed by atoms with Gasteiger partial charge in [-0.3, -0.25) is 4.79 Å². The maximum atomic E-state index is 11.7. The molecule has 0 bridgehead atoms. The average Bonchev–Trinajstić information content (AvgIpc) is 2.62. The van der Waals surface area contributed by atoms with Crippen molar-refractivity contribution in [3.63, 3.8) is 0 Å². The van der Waals surface area contributed by atoms with Crippen molar-refractivity contribution in [2.24, 2.45) is 5.92 Å². The molecule has 0 radical (unpaired) electrons. The summed E-state index contributed by atoms with van der Waals surface area (Å²) in [7, 11) is 0. The summed E-state index contributed by atoms with van der Waals surface area (Å²) >= 11 is 0. The summed E-state index contributed by atoms with van der Waals surface area (Å²) in [5, 5.41) is 15.2. The van der Waals surface area contributed by atoms with Crippen molar-refractivity contribution in [3.8, 4) is 0 Å². The standard InChI is InChI=1S/C12H18N2O4/c1-7(2)4-10(12(16)17)13-11(15)6-9-5-8(3)18-14-9/h5,7,10H,4,6H2,1-3H3,(H,13,15)(H,16,17)/t10-/m0/s1. The molecule has 0 aromatic carbocycles. The highest BCUT2D eigenvalue weighted by Gasteiger charge is 2.21. The second kappa shape index (κ2) is 6.18. The van der Waals surface area contributed by atoms with Gasteiger partial charge in [-0.1, -0.05) is 19.0 Å². The van der Waals surface area contributed by atoms with Crippen LogP contribution >= 0.6 is 0 Å². The van der Waals surface area contributed by atoms with E-state index >= 15 is 0 Å². The van der Waals surface area contributed by atoms with Gasteiger partial charge < -0.3 is 14.9 Å². The van der Waals surface area contributed by atoms with Crippen LogP contribution in [0, 0.1) is 12.8 Å². The summed E-state index contributed by atoms with van der Waals surface area (Å²) in [5.74, 6) is -0.569. The van der Waals surface area contributed by atoms with Gasteiger partial charge in [0.1, 0.15) is 11.8 Å². The molecule has 1 rings (SSSR count). The molecule has 0 spiro atoms. The van der Waals surface area contributed by atoms with E-state index in [-0.39, 0.29) is 18.2 Å². The smallest absolute Gasteiger partial charge is 0.326 e. The third-order valence-electron chi connectivity index (χ3n) is 2.36. The lowest BCUT2D eigenvalue weighted by Crippen LogP contribution is -2.42. The van der Waals surface area contributed by atoms with Crippen molar-refractivity contribution in [2.75, 3.05) is 0 Å². The van der Waals surface area contributed by atoms with E-state index in [1.165, 1.54) is 0 Å². The Morgan fingerprint density at radius 3 is 2.61 bits per heavy atom. The number of carbonyl (C=O) groups excluding carboxylic acids is 1. The highest BCUT2D eigenvalue weighted by Crippen LogP contribution is 2.06. The number of carboxylic acid groups (broad SMARTS) is 1. The average molecular weight is 254 g/mol. The van der Waals surface area contributed by atoms with Gasteiger partial charge in [-0.2, -0.15) is 0 Å². The SMILES string of the molecule is Cc1cc(CC(=O)N[C@@H](CC(C)C)C(=O)O)no1. The van der Waals surface area contributed by atoms with Crippen LogP contribution in [0.15, 0.2) is 10.6 Å². The number of nitrogens with zero attached hydrogens (tertiary/aromatic N) is 1. The zero-order chi connectivity index (χ0) is 13.7. The lowest BCUT2D eigenvalue weighted by molar-refractivity contribution is -0.142. The minimum absolute atomic E-state index is 0.0270. The van der Waals surface area contributed by atoms with Gasteiger partial charge in [-0.05, 0) is 19.3 Å². The summed E-state index contributed by atoms with van der Waals surface area (Å²) in [6.45, 7) is 5.54. The Morgan fingerprint density at radius 2 is 2.17 bits per heavy atom. The topological polar surface area (TPSA) is 92.4 Å². The van der Waals surface area contributed by atoms with E-state index < -0.39 is 12.0 Å². The maximum absolute atomic E-state index is 11.7. The van der Waals surface area contributed by atoms with Crippen molar-refractivity contribution >= 4 is 11.9 Å². The number of rotatable bonds is 6. The highest BCUT2D eigenvalue weighted by atomic mass is 16.5. The van der Waals surface area contributed by atoms with Gasteiger partial charge in [0.05, 0.1) is 12.1 Å². The second-order valence-electron chi connectivity index (χ2n) is 4.69. The van der Waals surface area contributed by atoms with Crippen molar-refractivity contribution in [1.82, 2.24) is 10.5 Å². The summed E-state index contributed by atoms with van der Waals surface area (Å²) in [6, 6.07) is 0.795. The van der Waals surface area contributed by atoms with Gasteiger partial charge in [0.25, 0.3) is 0 Å². The fraction of sp³-hybridized carbons (Fsp3) is 0.583. The predicted octanol–water partition coefficient (Wildman–Crippen LogP) is 1.14. The Kier molecular flexibility index (Phi) is 4.88. The molecular formula is C12H18N2O4. The predicted molar refractivity (Wildman–Crippen MR) is 64.0 cm³/mol. The molecule has 1 aromatic heterocycles. The molecule has 1 aromatic rings. The summed E-state index contributed by atoms with van der Waals surface area (Å²) in [4.78, 5) is 22.6. The Hall–Kier alpha value is -1.85. The zero-order valence-electron chi connectivity index (χ0n) is 10.8. The van der Waals surface area contributed by atoms with E-state index in [1.807, 2.05) is 13.8 Å². The van der Waals surface area contributed by atoms with Crippen molar-refractivity contribution in [2.45, 2.75) is 39.7 Å². The molecule has 0 aliphatic rings. The number of aliphatic carboxylic acids is 1. The molecule has 1 amide bonds. The van der Waals surface area contributed by atoms with E-state index in [1.54, 1.807) is 13.0 Å². The third kappa shape index (κ3) is 4.57. The summed E-state index contributed by atoms with van der Waals surface area (Å²) in [5.41, 5.74) is 0.499. The number of hydrogen-bond donors (Lipinski definition) is 2. The molecule has 18 heavy (non-hydrogen) atoms. The van der Waals surface area contributed by atoms with E-state index in [9.17, 15) is 9.59 Å². The van der Waals surface area contributed by atoms with Crippen LogP contribution in [0.5, 0.6) is 0 Å². The quantitative estimate of drug-likeness (QED) is 0.794. The normalized spacial score (nSPS) is 12.4. The molecule has 1 heterocycles. The number of aromatic nitrogens is 1. The molecule has 0 aliphatic carbocycles. The number of amides is 1.